The quantitative estimate of drug-likeness (QED) is 0.666. The number of amides is 3. The molecule has 8 nitrogen and oxygen atoms in total. The third kappa shape index (κ3) is 4.18. The van der Waals surface area contributed by atoms with Crippen LogP contribution >= 0.6 is 0 Å². The number of hydrogen-bond donors (Lipinski definition) is 2. The van der Waals surface area contributed by atoms with E-state index in [1.165, 1.54) is 4.90 Å². The average Bonchev–Trinajstić information content (AvgIpc) is 3.05. The molecule has 0 aliphatic carbocycles. The molecule has 31 heavy (non-hydrogen) atoms. The van der Waals surface area contributed by atoms with Crippen LogP contribution < -0.4 is 15.5 Å². The van der Waals surface area contributed by atoms with Gasteiger partial charge >= 0.3 is 0 Å². The summed E-state index contributed by atoms with van der Waals surface area (Å²) in [5.74, 6) is -0.802. The molecule has 0 atom stereocenters. The second-order valence-corrected chi connectivity index (χ2v) is 7.39. The summed E-state index contributed by atoms with van der Waals surface area (Å²) in [6.07, 6.45) is 0.00683. The second-order valence-electron chi connectivity index (χ2n) is 7.39. The average molecular weight is 417 g/mol. The van der Waals surface area contributed by atoms with Gasteiger partial charge in [0.2, 0.25) is 17.7 Å². The summed E-state index contributed by atoms with van der Waals surface area (Å²) < 4.78 is 1.78. The Morgan fingerprint density at radius 2 is 1.74 bits per heavy atom. The maximum atomic E-state index is 12.7. The number of rotatable bonds is 5. The molecule has 0 bridgehead atoms. The predicted octanol–water partition coefficient (Wildman–Crippen LogP) is 3.19. The standard InChI is InChI=1S/C23H23N5O3/c1-15-23(16(2)28(26-15)17-8-4-3-5-9-17)25-20(29)12-13-22(31)27-14-21(30)24-18-10-6-7-11-19(18)27/h3-11H,12-14H2,1-2H3,(H,24,30)(H,25,29). The third-order valence-corrected chi connectivity index (χ3v) is 5.19. The molecule has 0 saturated heterocycles. The monoisotopic (exact) mass is 417 g/mol. The lowest BCUT2D eigenvalue weighted by Crippen LogP contribution is -2.42. The van der Waals surface area contributed by atoms with E-state index in [0.29, 0.717) is 22.8 Å². The Hall–Kier alpha value is -3.94. The first-order valence-electron chi connectivity index (χ1n) is 10.0. The van der Waals surface area contributed by atoms with E-state index in [0.717, 1.165) is 11.4 Å². The SMILES string of the molecule is Cc1nn(-c2ccccc2)c(C)c1NC(=O)CCC(=O)N1CC(=O)Nc2ccccc21. The molecule has 3 aromatic rings. The van der Waals surface area contributed by atoms with Gasteiger partial charge in [0.05, 0.1) is 34.1 Å². The van der Waals surface area contributed by atoms with Gasteiger partial charge in [-0.05, 0) is 38.1 Å². The molecule has 1 aromatic heterocycles. The van der Waals surface area contributed by atoms with Crippen LogP contribution in [0.25, 0.3) is 5.69 Å². The molecule has 158 valence electrons. The molecule has 2 aromatic carbocycles. The Morgan fingerprint density at radius 1 is 1.03 bits per heavy atom. The van der Waals surface area contributed by atoms with Crippen molar-refractivity contribution in [1.29, 1.82) is 0 Å². The van der Waals surface area contributed by atoms with Gasteiger partial charge in [-0.15, -0.1) is 0 Å². The lowest BCUT2D eigenvalue weighted by molar-refractivity contribution is -0.124. The van der Waals surface area contributed by atoms with Crippen LogP contribution in [0, 0.1) is 13.8 Å². The van der Waals surface area contributed by atoms with Gasteiger partial charge in [0.1, 0.15) is 6.54 Å². The van der Waals surface area contributed by atoms with Gasteiger partial charge in [-0.3, -0.25) is 14.4 Å². The van der Waals surface area contributed by atoms with Gasteiger partial charge in [-0.25, -0.2) is 4.68 Å². The van der Waals surface area contributed by atoms with E-state index in [4.69, 9.17) is 0 Å². The fourth-order valence-electron chi connectivity index (χ4n) is 3.66. The largest absolute Gasteiger partial charge is 0.323 e. The number of nitrogens with one attached hydrogen (secondary N) is 2. The first kappa shape index (κ1) is 20.3. The number of aromatic nitrogens is 2. The van der Waals surface area contributed by atoms with E-state index in [2.05, 4.69) is 15.7 Å². The molecule has 1 aliphatic heterocycles. The van der Waals surface area contributed by atoms with Crippen LogP contribution in [0.5, 0.6) is 0 Å². The Balaban J connectivity index is 1.42. The minimum Gasteiger partial charge on any atom is -0.323 e. The number of nitrogens with zero attached hydrogens (tertiary/aromatic N) is 3. The summed E-state index contributed by atoms with van der Waals surface area (Å²) in [4.78, 5) is 38.6. The molecular formula is C23H23N5O3. The van der Waals surface area contributed by atoms with Gasteiger partial charge in [0, 0.05) is 12.8 Å². The van der Waals surface area contributed by atoms with Gasteiger partial charge in [0.25, 0.3) is 0 Å². The summed E-state index contributed by atoms with van der Waals surface area (Å²) in [6, 6.07) is 16.8. The van der Waals surface area contributed by atoms with Crippen molar-refractivity contribution in [3.8, 4) is 5.69 Å². The van der Waals surface area contributed by atoms with Crippen molar-refractivity contribution in [2.45, 2.75) is 26.7 Å². The highest BCUT2D eigenvalue weighted by Crippen LogP contribution is 2.29. The van der Waals surface area contributed by atoms with Crippen molar-refractivity contribution < 1.29 is 14.4 Å². The Labute approximate surface area is 179 Å². The summed E-state index contributed by atoms with van der Waals surface area (Å²) in [6.45, 7) is 3.66. The van der Waals surface area contributed by atoms with E-state index in [-0.39, 0.29) is 37.1 Å². The topological polar surface area (TPSA) is 96.3 Å². The van der Waals surface area contributed by atoms with E-state index in [9.17, 15) is 14.4 Å². The van der Waals surface area contributed by atoms with Crippen LogP contribution in [0.1, 0.15) is 24.2 Å². The highest BCUT2D eigenvalue weighted by Gasteiger charge is 2.26. The number of anilines is 3. The van der Waals surface area contributed by atoms with E-state index in [1.807, 2.05) is 44.2 Å². The highest BCUT2D eigenvalue weighted by molar-refractivity contribution is 6.10. The number of hydrogen-bond acceptors (Lipinski definition) is 4. The fourth-order valence-corrected chi connectivity index (χ4v) is 3.66. The molecule has 2 N–H and O–H groups in total. The molecule has 4 rings (SSSR count). The molecule has 0 saturated carbocycles. The summed E-state index contributed by atoms with van der Waals surface area (Å²) >= 11 is 0. The Morgan fingerprint density at radius 3 is 2.52 bits per heavy atom. The normalized spacial score (nSPS) is 12.8. The number of para-hydroxylation sites is 3. The summed E-state index contributed by atoms with van der Waals surface area (Å²) in [5, 5.41) is 10.1. The van der Waals surface area contributed by atoms with Crippen molar-refractivity contribution >= 4 is 34.8 Å². The van der Waals surface area contributed by atoms with Crippen LogP contribution in [0.15, 0.2) is 54.6 Å². The van der Waals surface area contributed by atoms with Crippen molar-refractivity contribution in [1.82, 2.24) is 9.78 Å². The number of carbonyl (C=O) groups excluding carboxylic acids is 3. The molecule has 0 unspecified atom stereocenters. The molecule has 0 spiro atoms. The maximum Gasteiger partial charge on any atom is 0.244 e. The number of benzene rings is 2. The smallest absolute Gasteiger partial charge is 0.244 e. The summed E-state index contributed by atoms with van der Waals surface area (Å²) in [5.41, 5.74) is 4.29. The van der Waals surface area contributed by atoms with Gasteiger partial charge in [-0.1, -0.05) is 30.3 Å². The minimum absolute atomic E-state index is 0.00162. The molecule has 2 heterocycles. The predicted molar refractivity (Wildman–Crippen MR) is 118 cm³/mol. The van der Waals surface area contributed by atoms with Crippen molar-refractivity contribution in [2.24, 2.45) is 0 Å². The van der Waals surface area contributed by atoms with Gasteiger partial charge in [0.15, 0.2) is 0 Å². The molecule has 1 aliphatic rings. The van der Waals surface area contributed by atoms with Crippen LogP contribution in [-0.2, 0) is 14.4 Å². The van der Waals surface area contributed by atoms with Crippen LogP contribution in [0.3, 0.4) is 0 Å². The maximum absolute atomic E-state index is 12.7. The zero-order chi connectivity index (χ0) is 22.0. The Bertz CT molecular complexity index is 1150. The van der Waals surface area contributed by atoms with E-state index >= 15 is 0 Å². The van der Waals surface area contributed by atoms with Crippen LogP contribution in [-0.4, -0.2) is 34.0 Å². The number of aryl methyl sites for hydroxylation is 1. The summed E-state index contributed by atoms with van der Waals surface area (Å²) in [7, 11) is 0. The first-order valence-corrected chi connectivity index (χ1v) is 10.0. The molecule has 8 heteroatoms. The zero-order valence-electron chi connectivity index (χ0n) is 17.4. The number of fused-ring (bicyclic) bond motifs is 1. The first-order chi connectivity index (χ1) is 14.9. The third-order valence-electron chi connectivity index (χ3n) is 5.19. The van der Waals surface area contributed by atoms with Crippen molar-refractivity contribution in [2.75, 3.05) is 22.1 Å². The van der Waals surface area contributed by atoms with Crippen LogP contribution in [0.4, 0.5) is 17.1 Å². The van der Waals surface area contributed by atoms with Gasteiger partial charge < -0.3 is 15.5 Å². The molecular weight excluding hydrogens is 394 g/mol. The van der Waals surface area contributed by atoms with Crippen LogP contribution in [0.2, 0.25) is 0 Å². The van der Waals surface area contributed by atoms with E-state index in [1.54, 1.807) is 28.9 Å². The van der Waals surface area contributed by atoms with Crippen molar-refractivity contribution in [3.63, 3.8) is 0 Å². The zero-order valence-corrected chi connectivity index (χ0v) is 17.4. The molecule has 3 amide bonds. The lowest BCUT2D eigenvalue weighted by Gasteiger charge is -2.29. The van der Waals surface area contributed by atoms with Gasteiger partial charge in [-0.2, -0.15) is 5.10 Å². The lowest BCUT2D eigenvalue weighted by atomic mass is 10.1. The highest BCUT2D eigenvalue weighted by atomic mass is 16.2. The van der Waals surface area contributed by atoms with E-state index < -0.39 is 0 Å². The number of carbonyl (C=O) groups is 3. The molecule has 0 fully saturated rings. The minimum atomic E-state index is -0.276. The fraction of sp³-hybridized carbons (Fsp3) is 0.217. The molecule has 0 radical (unpaired) electrons. The van der Waals surface area contributed by atoms with Crippen molar-refractivity contribution in [3.05, 3.63) is 66.0 Å². The Kier molecular flexibility index (Phi) is 5.53. The second kappa shape index (κ2) is 8.43.